The topological polar surface area (TPSA) is 87.7 Å². The Labute approximate surface area is 95.9 Å². The van der Waals surface area contributed by atoms with Crippen molar-refractivity contribution in [2.24, 2.45) is 0 Å². The fourth-order valence-corrected chi connectivity index (χ4v) is 1.38. The molecule has 1 heterocycles. The molecular formula is C12H8O5. The monoisotopic (exact) mass is 232 g/mol. The highest BCUT2D eigenvalue weighted by Crippen LogP contribution is 2.22. The molecule has 0 unspecified atom stereocenters. The molecule has 17 heavy (non-hydrogen) atoms. The van der Waals surface area contributed by atoms with Crippen molar-refractivity contribution in [2.45, 2.75) is 0 Å². The van der Waals surface area contributed by atoms with E-state index in [2.05, 4.69) is 0 Å². The second-order valence-corrected chi connectivity index (χ2v) is 3.39. The summed E-state index contributed by atoms with van der Waals surface area (Å²) in [6, 6.07) is 7.38. The van der Waals surface area contributed by atoms with Crippen LogP contribution in [0, 0.1) is 0 Å². The van der Waals surface area contributed by atoms with Crippen LogP contribution in [0.2, 0.25) is 0 Å². The third-order valence-corrected chi connectivity index (χ3v) is 2.26. The number of aromatic carboxylic acids is 2. The first-order chi connectivity index (χ1) is 8.08. The van der Waals surface area contributed by atoms with Gasteiger partial charge in [-0.2, -0.15) is 0 Å². The molecule has 0 aliphatic heterocycles. The van der Waals surface area contributed by atoms with Crippen molar-refractivity contribution in [2.75, 3.05) is 0 Å². The maximum atomic E-state index is 10.7. The van der Waals surface area contributed by atoms with Crippen molar-refractivity contribution >= 4 is 11.9 Å². The number of carboxylic acids is 2. The van der Waals surface area contributed by atoms with E-state index in [1.807, 2.05) is 0 Å². The number of carbonyl (C=O) groups is 2. The van der Waals surface area contributed by atoms with Crippen LogP contribution in [0.1, 0.15) is 20.7 Å². The third kappa shape index (κ3) is 2.17. The van der Waals surface area contributed by atoms with Gasteiger partial charge in [0.05, 0.1) is 11.1 Å². The molecule has 0 amide bonds. The molecule has 0 spiro atoms. The predicted octanol–water partition coefficient (Wildman–Crippen LogP) is 2.34. The van der Waals surface area contributed by atoms with Gasteiger partial charge in [0.15, 0.2) is 0 Å². The van der Waals surface area contributed by atoms with Crippen molar-refractivity contribution in [1.29, 1.82) is 0 Å². The van der Waals surface area contributed by atoms with Gasteiger partial charge in [0.1, 0.15) is 12.0 Å². The SMILES string of the molecule is O=C(O)c1ccc(-c2cc(C(=O)O)co2)cc1. The third-order valence-electron chi connectivity index (χ3n) is 2.26. The van der Waals surface area contributed by atoms with Crippen LogP contribution in [0.4, 0.5) is 0 Å². The fourth-order valence-electron chi connectivity index (χ4n) is 1.38. The van der Waals surface area contributed by atoms with Gasteiger partial charge < -0.3 is 14.6 Å². The summed E-state index contributed by atoms with van der Waals surface area (Å²) in [6.45, 7) is 0. The Balaban J connectivity index is 2.33. The van der Waals surface area contributed by atoms with Crippen LogP contribution in [0.3, 0.4) is 0 Å². The molecule has 2 aromatic rings. The molecule has 0 bridgehead atoms. The molecule has 0 aliphatic rings. The number of benzene rings is 1. The molecule has 0 saturated heterocycles. The molecule has 0 aliphatic carbocycles. The Bertz CT molecular complexity index is 565. The molecule has 2 N–H and O–H groups in total. The van der Waals surface area contributed by atoms with E-state index >= 15 is 0 Å². The summed E-state index contributed by atoms with van der Waals surface area (Å²) >= 11 is 0. The molecule has 1 aromatic carbocycles. The van der Waals surface area contributed by atoms with Crippen LogP contribution in [-0.4, -0.2) is 22.2 Å². The van der Waals surface area contributed by atoms with Crippen molar-refractivity contribution in [3.8, 4) is 11.3 Å². The minimum atomic E-state index is -1.07. The van der Waals surface area contributed by atoms with Crippen molar-refractivity contribution < 1.29 is 24.2 Å². The lowest BCUT2D eigenvalue weighted by molar-refractivity contribution is 0.0685. The minimum Gasteiger partial charge on any atom is -0.478 e. The van der Waals surface area contributed by atoms with Gasteiger partial charge >= 0.3 is 11.9 Å². The first-order valence-corrected chi connectivity index (χ1v) is 4.73. The summed E-state index contributed by atoms with van der Waals surface area (Å²) in [5.41, 5.74) is 0.851. The molecule has 5 nitrogen and oxygen atoms in total. The Morgan fingerprint density at radius 2 is 1.53 bits per heavy atom. The molecule has 1 aromatic heterocycles. The van der Waals surface area contributed by atoms with E-state index in [-0.39, 0.29) is 11.1 Å². The maximum absolute atomic E-state index is 10.7. The van der Waals surface area contributed by atoms with Crippen LogP contribution < -0.4 is 0 Å². The Morgan fingerprint density at radius 3 is 2.00 bits per heavy atom. The van der Waals surface area contributed by atoms with Gasteiger partial charge in [0.2, 0.25) is 0 Å². The van der Waals surface area contributed by atoms with Gasteiger partial charge in [-0.1, -0.05) is 12.1 Å². The van der Waals surface area contributed by atoms with Gasteiger partial charge in [0.25, 0.3) is 0 Å². The van der Waals surface area contributed by atoms with Gasteiger partial charge in [0, 0.05) is 5.56 Å². The maximum Gasteiger partial charge on any atom is 0.338 e. The standard InChI is InChI=1S/C12H8O5/c13-11(14)8-3-1-7(2-4-8)10-5-9(6-17-10)12(15)16/h1-6H,(H,13,14)(H,15,16). The van der Waals surface area contributed by atoms with Gasteiger partial charge in [-0.15, -0.1) is 0 Å². The largest absolute Gasteiger partial charge is 0.478 e. The first-order valence-electron chi connectivity index (χ1n) is 4.73. The number of hydrogen-bond acceptors (Lipinski definition) is 3. The van der Waals surface area contributed by atoms with E-state index in [0.717, 1.165) is 6.26 Å². The number of carboxylic acid groups (broad SMARTS) is 2. The Morgan fingerprint density at radius 1 is 0.941 bits per heavy atom. The Hall–Kier alpha value is -2.56. The van der Waals surface area contributed by atoms with E-state index in [0.29, 0.717) is 11.3 Å². The summed E-state index contributed by atoms with van der Waals surface area (Å²) < 4.78 is 5.08. The lowest BCUT2D eigenvalue weighted by atomic mass is 10.1. The van der Waals surface area contributed by atoms with Crippen LogP contribution in [0.25, 0.3) is 11.3 Å². The van der Waals surface area contributed by atoms with Crippen molar-refractivity contribution in [3.63, 3.8) is 0 Å². The molecule has 0 fully saturated rings. The highest BCUT2D eigenvalue weighted by Gasteiger charge is 2.10. The zero-order chi connectivity index (χ0) is 12.4. The highest BCUT2D eigenvalue weighted by molar-refractivity contribution is 5.89. The minimum absolute atomic E-state index is 0.0577. The van der Waals surface area contributed by atoms with Gasteiger partial charge in [-0.05, 0) is 18.2 Å². The normalized spacial score (nSPS) is 10.1. The van der Waals surface area contributed by atoms with Crippen molar-refractivity contribution in [3.05, 3.63) is 47.7 Å². The molecule has 5 heteroatoms. The second kappa shape index (κ2) is 4.13. The van der Waals surface area contributed by atoms with Crippen LogP contribution in [-0.2, 0) is 0 Å². The van der Waals surface area contributed by atoms with Crippen molar-refractivity contribution in [1.82, 2.24) is 0 Å². The summed E-state index contributed by atoms with van der Waals surface area (Å²) in [6.07, 6.45) is 1.14. The highest BCUT2D eigenvalue weighted by atomic mass is 16.4. The summed E-state index contributed by atoms with van der Waals surface area (Å²) in [4.78, 5) is 21.3. The lowest BCUT2D eigenvalue weighted by Gasteiger charge is -1.97. The number of rotatable bonds is 3. The quantitative estimate of drug-likeness (QED) is 0.847. The fraction of sp³-hybridized carbons (Fsp3) is 0. The van der Waals surface area contributed by atoms with E-state index in [4.69, 9.17) is 14.6 Å². The van der Waals surface area contributed by atoms with E-state index < -0.39 is 11.9 Å². The first kappa shape index (κ1) is 10.9. The van der Waals surface area contributed by atoms with E-state index in [1.54, 1.807) is 12.1 Å². The predicted molar refractivity (Wildman–Crippen MR) is 58.1 cm³/mol. The average Bonchev–Trinajstić information content (AvgIpc) is 2.78. The second-order valence-electron chi connectivity index (χ2n) is 3.39. The zero-order valence-corrected chi connectivity index (χ0v) is 8.58. The van der Waals surface area contributed by atoms with Crippen LogP contribution in [0.5, 0.6) is 0 Å². The molecule has 0 atom stereocenters. The van der Waals surface area contributed by atoms with Gasteiger partial charge in [-0.3, -0.25) is 0 Å². The molecular weight excluding hydrogens is 224 g/mol. The summed E-state index contributed by atoms with van der Waals surface area (Å²) in [5, 5.41) is 17.4. The summed E-state index contributed by atoms with van der Waals surface area (Å²) in [7, 11) is 0. The van der Waals surface area contributed by atoms with E-state index in [1.165, 1.54) is 18.2 Å². The lowest BCUT2D eigenvalue weighted by Crippen LogP contribution is -1.94. The smallest absolute Gasteiger partial charge is 0.338 e. The van der Waals surface area contributed by atoms with Crippen LogP contribution >= 0.6 is 0 Å². The molecule has 0 radical (unpaired) electrons. The van der Waals surface area contributed by atoms with E-state index in [9.17, 15) is 9.59 Å². The molecule has 2 rings (SSSR count). The van der Waals surface area contributed by atoms with Crippen LogP contribution in [0.15, 0.2) is 41.0 Å². The number of hydrogen-bond donors (Lipinski definition) is 2. The number of furan rings is 1. The molecule has 86 valence electrons. The summed E-state index contributed by atoms with van der Waals surface area (Å²) in [5.74, 6) is -1.69. The van der Waals surface area contributed by atoms with Gasteiger partial charge in [-0.25, -0.2) is 9.59 Å². The molecule has 0 saturated carbocycles. The Kier molecular flexibility index (Phi) is 2.66. The zero-order valence-electron chi connectivity index (χ0n) is 8.58. The average molecular weight is 232 g/mol.